The number of urea groups is 1. The van der Waals surface area contributed by atoms with Crippen molar-refractivity contribution in [2.24, 2.45) is 5.73 Å². The minimum Gasteiger partial charge on any atom is -0.460 e. The second kappa shape index (κ2) is 6.68. The fourth-order valence-corrected chi connectivity index (χ4v) is 5.32. The van der Waals surface area contributed by atoms with Crippen molar-refractivity contribution in [2.75, 3.05) is 13.1 Å². The van der Waals surface area contributed by atoms with Gasteiger partial charge in [0.1, 0.15) is 17.1 Å². The number of rotatable bonds is 4. The van der Waals surface area contributed by atoms with Crippen molar-refractivity contribution in [1.82, 2.24) is 19.8 Å². The van der Waals surface area contributed by atoms with E-state index in [1.165, 1.54) is 11.3 Å². The Labute approximate surface area is 175 Å². The van der Waals surface area contributed by atoms with Gasteiger partial charge in [-0.05, 0) is 42.8 Å². The Morgan fingerprint density at radius 1 is 1.27 bits per heavy atom. The van der Waals surface area contributed by atoms with Crippen LogP contribution in [0.1, 0.15) is 12.2 Å². The highest BCUT2D eigenvalue weighted by Crippen LogP contribution is 2.34. The van der Waals surface area contributed by atoms with Gasteiger partial charge in [0.05, 0.1) is 11.2 Å². The molecule has 2 fully saturated rings. The highest BCUT2D eigenvalue weighted by molar-refractivity contribution is 7.20. The number of amides is 2. The first-order valence-electron chi connectivity index (χ1n) is 9.84. The van der Waals surface area contributed by atoms with Gasteiger partial charge < -0.3 is 19.8 Å². The van der Waals surface area contributed by atoms with Gasteiger partial charge in [-0.25, -0.2) is 9.78 Å². The van der Waals surface area contributed by atoms with Gasteiger partial charge in [-0.3, -0.25) is 4.90 Å². The summed E-state index contributed by atoms with van der Waals surface area (Å²) >= 11 is 1.47. The number of nitrogens with zero attached hydrogens (tertiary/aromatic N) is 4. The molecule has 2 unspecified atom stereocenters. The topological polar surface area (TPSA) is 97.7 Å². The molecule has 2 N–H and O–H groups in total. The van der Waals surface area contributed by atoms with Gasteiger partial charge in [-0.15, -0.1) is 0 Å². The van der Waals surface area contributed by atoms with Gasteiger partial charge >= 0.3 is 6.03 Å². The van der Waals surface area contributed by atoms with Crippen molar-refractivity contribution in [1.29, 1.82) is 0 Å². The lowest BCUT2D eigenvalue weighted by Gasteiger charge is -2.32. The third-order valence-corrected chi connectivity index (χ3v) is 6.77. The van der Waals surface area contributed by atoms with E-state index in [2.05, 4.69) is 20.9 Å². The molecule has 2 saturated heterocycles. The van der Waals surface area contributed by atoms with Gasteiger partial charge in [-0.1, -0.05) is 11.3 Å². The summed E-state index contributed by atoms with van der Waals surface area (Å²) in [5.41, 5.74) is 6.97. The predicted molar refractivity (Wildman–Crippen MR) is 113 cm³/mol. The molecule has 2 aliphatic rings. The van der Waals surface area contributed by atoms with Crippen LogP contribution < -0.4 is 10.5 Å². The van der Waals surface area contributed by atoms with E-state index in [9.17, 15) is 4.79 Å². The summed E-state index contributed by atoms with van der Waals surface area (Å²) in [6.45, 7) is 2.27. The summed E-state index contributed by atoms with van der Waals surface area (Å²) < 4.78 is 13.0. The minimum absolute atomic E-state index is 0.222. The number of benzene rings is 1. The van der Waals surface area contributed by atoms with E-state index in [4.69, 9.17) is 14.9 Å². The number of primary amides is 1. The number of carbonyl (C=O) groups is 1. The highest BCUT2D eigenvalue weighted by atomic mass is 32.1. The van der Waals surface area contributed by atoms with Crippen LogP contribution in [0.25, 0.3) is 21.3 Å². The summed E-state index contributed by atoms with van der Waals surface area (Å²) in [6, 6.07) is 12.0. The van der Waals surface area contributed by atoms with Crippen molar-refractivity contribution >= 4 is 38.7 Å². The Morgan fingerprint density at radius 3 is 3.00 bits per heavy atom. The van der Waals surface area contributed by atoms with Crippen LogP contribution in [-0.4, -0.2) is 51.0 Å². The number of likely N-dealkylation sites (tertiary alicyclic amines) is 2. The number of nitrogens with two attached hydrogens (primary N) is 1. The number of fused-ring (bicyclic) bond motifs is 4. The van der Waals surface area contributed by atoms with Crippen molar-refractivity contribution in [3.63, 3.8) is 0 Å². The van der Waals surface area contributed by atoms with Crippen molar-refractivity contribution < 1.29 is 13.9 Å². The summed E-state index contributed by atoms with van der Waals surface area (Å²) in [5, 5.41) is 1.56. The molecule has 3 aromatic heterocycles. The Morgan fingerprint density at radius 2 is 2.20 bits per heavy atom. The molecule has 152 valence electrons. The molecule has 1 aromatic carbocycles. The zero-order chi connectivity index (χ0) is 20.2. The molecule has 0 spiro atoms. The van der Waals surface area contributed by atoms with Crippen LogP contribution in [0.4, 0.5) is 4.79 Å². The molecule has 6 rings (SSSR count). The molecule has 9 heteroatoms. The summed E-state index contributed by atoms with van der Waals surface area (Å²) in [7, 11) is 0. The summed E-state index contributed by atoms with van der Waals surface area (Å²) in [5.74, 6) is 1.62. The van der Waals surface area contributed by atoms with Crippen molar-refractivity contribution in [3.05, 3.63) is 48.4 Å². The first-order chi connectivity index (χ1) is 14.6. The molecule has 8 nitrogen and oxygen atoms in total. The fraction of sp³-hybridized carbons (Fsp3) is 0.286. The van der Waals surface area contributed by atoms with E-state index in [0.29, 0.717) is 29.2 Å². The summed E-state index contributed by atoms with van der Waals surface area (Å²) in [6.07, 6.45) is 2.71. The third kappa shape index (κ3) is 2.98. The Hall–Kier alpha value is -3.17. The number of aromatic nitrogens is 2. The van der Waals surface area contributed by atoms with Crippen LogP contribution in [0.2, 0.25) is 0 Å². The first-order valence-corrected chi connectivity index (χ1v) is 10.7. The molecule has 0 saturated carbocycles. The van der Waals surface area contributed by atoms with Gasteiger partial charge in [0.15, 0.2) is 5.65 Å². The number of thiazole rings is 1. The predicted octanol–water partition coefficient (Wildman–Crippen LogP) is 3.57. The molecule has 30 heavy (non-hydrogen) atoms. The third-order valence-electron chi connectivity index (χ3n) is 5.89. The zero-order valence-electron chi connectivity index (χ0n) is 16.0. The van der Waals surface area contributed by atoms with Gasteiger partial charge in [0.2, 0.25) is 0 Å². The maximum Gasteiger partial charge on any atom is 0.315 e. The van der Waals surface area contributed by atoms with Crippen LogP contribution in [0.5, 0.6) is 10.9 Å². The second-order valence-electron chi connectivity index (χ2n) is 7.78. The van der Waals surface area contributed by atoms with E-state index in [1.54, 1.807) is 11.1 Å². The number of carbonyl (C=O) groups excluding carboxylic acids is 1. The average molecular weight is 421 g/mol. The summed E-state index contributed by atoms with van der Waals surface area (Å²) in [4.78, 5) is 24.3. The first kappa shape index (κ1) is 17.7. The zero-order valence-corrected chi connectivity index (χ0v) is 16.8. The van der Waals surface area contributed by atoms with Crippen LogP contribution in [0.3, 0.4) is 0 Å². The largest absolute Gasteiger partial charge is 0.460 e. The molecule has 0 aliphatic carbocycles. The van der Waals surface area contributed by atoms with E-state index in [1.807, 2.05) is 30.3 Å². The molecular formula is C21H19N5O3S. The van der Waals surface area contributed by atoms with E-state index in [-0.39, 0.29) is 12.1 Å². The fourth-order valence-electron chi connectivity index (χ4n) is 4.52. The number of pyridine rings is 1. The molecule has 4 aromatic rings. The smallest absolute Gasteiger partial charge is 0.315 e. The van der Waals surface area contributed by atoms with Crippen LogP contribution in [-0.2, 0) is 6.54 Å². The Kier molecular flexibility index (Phi) is 3.93. The Bertz CT molecular complexity index is 1230. The molecular weight excluding hydrogens is 402 g/mol. The lowest BCUT2D eigenvalue weighted by Crippen LogP contribution is -2.50. The number of hydrogen-bond acceptors (Lipinski definition) is 7. The van der Waals surface area contributed by atoms with Gasteiger partial charge in [-0.2, -0.15) is 4.98 Å². The lowest BCUT2D eigenvalue weighted by molar-refractivity contribution is 0.132. The number of hydrogen-bond donors (Lipinski definition) is 1. The standard InChI is InChI=1S/C21H19N5O3S/c22-20(27)26-10-13-8-14(26)9-25(13)11-16-7-12-6-15(3-4-17(12)28-16)29-21-24-19-18(30-21)2-1-5-23-19/h1-7,13-14H,8-11H2,(H2,22,27). The molecule has 2 bridgehead atoms. The molecule has 5 heterocycles. The van der Waals surface area contributed by atoms with E-state index >= 15 is 0 Å². The van der Waals surface area contributed by atoms with Gasteiger partial charge in [0.25, 0.3) is 5.19 Å². The monoisotopic (exact) mass is 421 g/mol. The molecule has 2 aliphatic heterocycles. The maximum absolute atomic E-state index is 11.5. The van der Waals surface area contributed by atoms with E-state index in [0.717, 1.165) is 40.9 Å². The molecule has 2 atom stereocenters. The highest BCUT2D eigenvalue weighted by Gasteiger charge is 2.44. The number of piperazine rings is 1. The SMILES string of the molecule is NC(=O)N1CC2CC1CN2Cc1cc2cc(Oc3nc4ncccc4s3)ccc2o1. The molecule has 0 radical (unpaired) electrons. The van der Waals surface area contributed by atoms with Gasteiger partial charge in [0, 0.05) is 36.8 Å². The molecule has 2 amide bonds. The lowest BCUT2D eigenvalue weighted by atomic mass is 10.2. The Balaban J connectivity index is 1.19. The van der Waals surface area contributed by atoms with Crippen molar-refractivity contribution in [3.8, 4) is 10.9 Å². The van der Waals surface area contributed by atoms with Crippen molar-refractivity contribution in [2.45, 2.75) is 25.0 Å². The maximum atomic E-state index is 11.5. The van der Waals surface area contributed by atoms with Crippen LogP contribution >= 0.6 is 11.3 Å². The number of furan rings is 1. The number of ether oxygens (including phenoxy) is 1. The minimum atomic E-state index is -0.317. The van der Waals surface area contributed by atoms with E-state index < -0.39 is 0 Å². The average Bonchev–Trinajstić information content (AvgIpc) is 3.49. The second-order valence-corrected chi connectivity index (χ2v) is 8.78. The quantitative estimate of drug-likeness (QED) is 0.541. The normalized spacial score (nSPS) is 21.1. The van der Waals surface area contributed by atoms with Crippen LogP contribution in [0, 0.1) is 0 Å². The van der Waals surface area contributed by atoms with Crippen LogP contribution in [0.15, 0.2) is 47.0 Å².